The van der Waals surface area contributed by atoms with Gasteiger partial charge in [0.05, 0.1) is 11.7 Å². The third kappa shape index (κ3) is 3.84. The summed E-state index contributed by atoms with van der Waals surface area (Å²) in [4.78, 5) is 0. The van der Waals surface area contributed by atoms with Crippen LogP contribution in [0.5, 0.6) is 0 Å². The molecular weight excluding hydrogens is 222 g/mol. The first-order valence-corrected chi connectivity index (χ1v) is 7.54. The van der Waals surface area contributed by atoms with Crippen molar-refractivity contribution in [1.82, 2.24) is 15.1 Å². The maximum absolute atomic E-state index is 4.75. The van der Waals surface area contributed by atoms with Crippen LogP contribution in [0.15, 0.2) is 12.3 Å². The molecule has 1 heterocycles. The summed E-state index contributed by atoms with van der Waals surface area (Å²) in [6, 6.07) is 2.88. The van der Waals surface area contributed by atoms with E-state index in [2.05, 4.69) is 36.1 Å². The minimum absolute atomic E-state index is 0.670. The molecule has 0 spiro atoms. The third-order valence-corrected chi connectivity index (χ3v) is 3.84. The standard InChI is InChI=1S/C15H27N3/c1-3-9-16-12-13(2)11-14-8-10-18(17-14)15-6-4-5-7-15/h8,10,13,15-16H,3-7,9,11-12H2,1-2H3. The third-order valence-electron chi connectivity index (χ3n) is 3.84. The Kier molecular flexibility index (Phi) is 5.24. The summed E-state index contributed by atoms with van der Waals surface area (Å²) in [6.07, 6.45) is 9.86. The summed E-state index contributed by atoms with van der Waals surface area (Å²) in [5, 5.41) is 8.23. The molecule has 0 amide bonds. The van der Waals surface area contributed by atoms with Gasteiger partial charge >= 0.3 is 0 Å². The monoisotopic (exact) mass is 249 g/mol. The summed E-state index contributed by atoms with van der Waals surface area (Å²) >= 11 is 0. The van der Waals surface area contributed by atoms with Crippen LogP contribution in [0.1, 0.15) is 57.7 Å². The van der Waals surface area contributed by atoms with Crippen LogP contribution in [-0.4, -0.2) is 22.9 Å². The molecule has 2 rings (SSSR count). The number of nitrogens with zero attached hydrogens (tertiary/aromatic N) is 2. The Morgan fingerprint density at radius 3 is 2.94 bits per heavy atom. The van der Waals surface area contributed by atoms with Crippen LogP contribution < -0.4 is 5.32 Å². The van der Waals surface area contributed by atoms with Crippen LogP contribution in [0.4, 0.5) is 0 Å². The van der Waals surface area contributed by atoms with Crippen molar-refractivity contribution >= 4 is 0 Å². The smallest absolute Gasteiger partial charge is 0.0627 e. The normalized spacial score (nSPS) is 18.3. The zero-order valence-electron chi connectivity index (χ0n) is 11.9. The first-order valence-electron chi connectivity index (χ1n) is 7.54. The van der Waals surface area contributed by atoms with Crippen molar-refractivity contribution in [3.05, 3.63) is 18.0 Å². The molecule has 0 aromatic carbocycles. The Labute approximate surface area is 111 Å². The predicted octanol–water partition coefficient (Wildman–Crippen LogP) is 3.18. The molecule has 1 unspecified atom stereocenters. The van der Waals surface area contributed by atoms with Gasteiger partial charge in [-0.05, 0) is 50.8 Å². The van der Waals surface area contributed by atoms with Crippen LogP contribution in [0.3, 0.4) is 0 Å². The number of aromatic nitrogens is 2. The molecule has 1 N–H and O–H groups in total. The van der Waals surface area contributed by atoms with Crippen molar-refractivity contribution < 1.29 is 0 Å². The van der Waals surface area contributed by atoms with Crippen molar-refractivity contribution in [2.24, 2.45) is 5.92 Å². The Morgan fingerprint density at radius 2 is 2.22 bits per heavy atom. The van der Waals surface area contributed by atoms with Crippen LogP contribution in [-0.2, 0) is 6.42 Å². The highest BCUT2D eigenvalue weighted by molar-refractivity contribution is 5.01. The fraction of sp³-hybridized carbons (Fsp3) is 0.800. The highest BCUT2D eigenvalue weighted by atomic mass is 15.3. The molecule has 1 saturated carbocycles. The molecule has 1 aliphatic rings. The number of rotatable bonds is 7. The first kappa shape index (κ1) is 13.6. The predicted molar refractivity (Wildman–Crippen MR) is 75.8 cm³/mol. The molecule has 1 aliphatic carbocycles. The van der Waals surface area contributed by atoms with Gasteiger partial charge in [-0.25, -0.2) is 0 Å². The van der Waals surface area contributed by atoms with Gasteiger partial charge in [-0.1, -0.05) is 26.7 Å². The van der Waals surface area contributed by atoms with Gasteiger partial charge in [0.15, 0.2) is 0 Å². The van der Waals surface area contributed by atoms with Crippen LogP contribution in [0.25, 0.3) is 0 Å². The molecule has 0 saturated heterocycles. The largest absolute Gasteiger partial charge is 0.316 e. The zero-order chi connectivity index (χ0) is 12.8. The van der Waals surface area contributed by atoms with E-state index in [1.165, 1.54) is 37.8 Å². The quantitative estimate of drug-likeness (QED) is 0.752. The van der Waals surface area contributed by atoms with Crippen LogP contribution in [0.2, 0.25) is 0 Å². The Hall–Kier alpha value is -0.830. The molecule has 3 nitrogen and oxygen atoms in total. The highest BCUT2D eigenvalue weighted by Gasteiger charge is 2.17. The van der Waals surface area contributed by atoms with Gasteiger partial charge in [-0.2, -0.15) is 5.10 Å². The van der Waals surface area contributed by atoms with Gasteiger partial charge in [0.1, 0.15) is 0 Å². The van der Waals surface area contributed by atoms with Gasteiger partial charge in [-0.3, -0.25) is 4.68 Å². The van der Waals surface area contributed by atoms with Crippen molar-refractivity contribution in [2.45, 2.75) is 58.4 Å². The lowest BCUT2D eigenvalue weighted by Crippen LogP contribution is -2.23. The molecule has 0 aliphatic heterocycles. The summed E-state index contributed by atoms with van der Waals surface area (Å²) in [5.41, 5.74) is 1.26. The number of nitrogens with one attached hydrogen (secondary N) is 1. The second-order valence-electron chi connectivity index (χ2n) is 5.74. The molecule has 1 aromatic rings. The Bertz CT molecular complexity index is 339. The van der Waals surface area contributed by atoms with Crippen LogP contribution in [0, 0.1) is 5.92 Å². The number of hydrogen-bond donors (Lipinski definition) is 1. The SMILES string of the molecule is CCCNCC(C)Cc1ccn(C2CCCC2)n1. The Morgan fingerprint density at radius 1 is 1.44 bits per heavy atom. The number of hydrogen-bond acceptors (Lipinski definition) is 2. The summed E-state index contributed by atoms with van der Waals surface area (Å²) < 4.78 is 2.20. The van der Waals surface area contributed by atoms with E-state index in [0.29, 0.717) is 12.0 Å². The average Bonchev–Trinajstić information content (AvgIpc) is 2.98. The highest BCUT2D eigenvalue weighted by Crippen LogP contribution is 2.28. The molecule has 0 radical (unpaired) electrons. The summed E-state index contributed by atoms with van der Waals surface area (Å²) in [6.45, 7) is 6.74. The van der Waals surface area contributed by atoms with Gasteiger partial charge in [-0.15, -0.1) is 0 Å². The zero-order valence-corrected chi connectivity index (χ0v) is 11.9. The van der Waals surface area contributed by atoms with E-state index in [0.717, 1.165) is 19.5 Å². The van der Waals surface area contributed by atoms with Gasteiger partial charge < -0.3 is 5.32 Å². The van der Waals surface area contributed by atoms with Crippen LogP contribution >= 0.6 is 0 Å². The van der Waals surface area contributed by atoms with E-state index in [1.54, 1.807) is 0 Å². The molecule has 102 valence electrons. The molecule has 0 bridgehead atoms. The van der Waals surface area contributed by atoms with E-state index >= 15 is 0 Å². The second-order valence-corrected chi connectivity index (χ2v) is 5.74. The Balaban J connectivity index is 1.78. The topological polar surface area (TPSA) is 29.9 Å². The maximum atomic E-state index is 4.75. The van der Waals surface area contributed by atoms with E-state index in [-0.39, 0.29) is 0 Å². The minimum Gasteiger partial charge on any atom is -0.316 e. The van der Waals surface area contributed by atoms with Crippen molar-refractivity contribution in [3.8, 4) is 0 Å². The fourth-order valence-corrected chi connectivity index (χ4v) is 2.81. The van der Waals surface area contributed by atoms with Crippen molar-refractivity contribution in [2.75, 3.05) is 13.1 Å². The van der Waals surface area contributed by atoms with E-state index in [9.17, 15) is 0 Å². The molecule has 1 aromatic heterocycles. The minimum atomic E-state index is 0.670. The molecular formula is C15H27N3. The van der Waals surface area contributed by atoms with Crippen molar-refractivity contribution in [1.29, 1.82) is 0 Å². The van der Waals surface area contributed by atoms with Crippen molar-refractivity contribution in [3.63, 3.8) is 0 Å². The molecule has 1 atom stereocenters. The maximum Gasteiger partial charge on any atom is 0.0627 e. The molecule has 3 heteroatoms. The lowest BCUT2D eigenvalue weighted by atomic mass is 10.1. The van der Waals surface area contributed by atoms with E-state index in [4.69, 9.17) is 5.10 Å². The molecule has 18 heavy (non-hydrogen) atoms. The molecule has 1 fully saturated rings. The van der Waals surface area contributed by atoms with Gasteiger partial charge in [0.25, 0.3) is 0 Å². The van der Waals surface area contributed by atoms with E-state index < -0.39 is 0 Å². The lowest BCUT2D eigenvalue weighted by molar-refractivity contribution is 0.453. The van der Waals surface area contributed by atoms with E-state index in [1.807, 2.05) is 0 Å². The first-order chi connectivity index (χ1) is 8.79. The second kappa shape index (κ2) is 6.93. The fourth-order valence-electron chi connectivity index (χ4n) is 2.81. The summed E-state index contributed by atoms with van der Waals surface area (Å²) in [5.74, 6) is 0.670. The van der Waals surface area contributed by atoms with Gasteiger partial charge in [0.2, 0.25) is 0 Å². The average molecular weight is 249 g/mol. The summed E-state index contributed by atoms with van der Waals surface area (Å²) in [7, 11) is 0. The van der Waals surface area contributed by atoms with Gasteiger partial charge in [0, 0.05) is 6.20 Å². The lowest BCUT2D eigenvalue weighted by Gasteiger charge is -2.11.